The molecule has 0 aromatic heterocycles. The van der Waals surface area contributed by atoms with E-state index in [1.165, 1.54) is 78.6 Å². The maximum absolute atomic E-state index is 11.7. The summed E-state index contributed by atoms with van der Waals surface area (Å²) >= 11 is 0. The van der Waals surface area contributed by atoms with Crippen LogP contribution >= 0.6 is 0 Å². The molecule has 0 radical (unpaired) electrons. The third kappa shape index (κ3) is 11.5. The highest BCUT2D eigenvalue weighted by atomic mass is 16.4. The summed E-state index contributed by atoms with van der Waals surface area (Å²) in [5, 5.41) is 30.8. The van der Waals surface area contributed by atoms with Gasteiger partial charge >= 0.3 is 11.9 Å². The Hall–Kier alpha value is -1.89. The lowest BCUT2D eigenvalue weighted by Gasteiger charge is -2.49. The van der Waals surface area contributed by atoms with Crippen LogP contribution in [0.25, 0.3) is 0 Å². The molecule has 0 amide bonds. The standard InChI is InChI=1S/C27H49NO6/c1-5-6-7-8-9-10-11-12-13-14-15-16-17-18-19-20-21-28(22(2)25(29)30,23(3)26(31)32)24(4)27(33)34/h9-10,22-24H,5-8,11-21H2,1-4H3,(H2-,29,30,31,32,33,34)/b10-9+. The van der Waals surface area contributed by atoms with Crippen LogP contribution < -0.4 is 5.11 Å². The average Bonchev–Trinajstić information content (AvgIpc) is 2.80. The van der Waals surface area contributed by atoms with Gasteiger partial charge in [0.1, 0.15) is 6.04 Å². The smallest absolute Gasteiger partial charge is 0.362 e. The first-order valence-corrected chi connectivity index (χ1v) is 13.3. The Kier molecular flexibility index (Phi) is 17.4. The van der Waals surface area contributed by atoms with E-state index in [1.54, 1.807) is 0 Å². The van der Waals surface area contributed by atoms with E-state index < -0.39 is 40.5 Å². The normalized spacial score (nSPS) is 16.1. The summed E-state index contributed by atoms with van der Waals surface area (Å²) in [6.07, 6.45) is 20.4. The second-order valence-corrected chi connectivity index (χ2v) is 9.68. The van der Waals surface area contributed by atoms with Crippen molar-refractivity contribution < 1.29 is 34.2 Å². The third-order valence-electron chi connectivity index (χ3n) is 7.28. The summed E-state index contributed by atoms with van der Waals surface area (Å²) in [6.45, 7) is 6.55. The van der Waals surface area contributed by atoms with E-state index in [0.29, 0.717) is 6.42 Å². The lowest BCUT2D eigenvalue weighted by molar-refractivity contribution is -0.969. The Morgan fingerprint density at radius 2 is 1.06 bits per heavy atom. The van der Waals surface area contributed by atoms with E-state index in [0.717, 1.165) is 25.7 Å². The predicted octanol–water partition coefficient (Wildman–Crippen LogP) is 4.93. The van der Waals surface area contributed by atoms with Crippen LogP contribution in [0, 0.1) is 0 Å². The van der Waals surface area contributed by atoms with E-state index in [-0.39, 0.29) is 6.54 Å². The molecule has 0 aliphatic rings. The van der Waals surface area contributed by atoms with Gasteiger partial charge in [0, 0.05) is 0 Å². The second-order valence-electron chi connectivity index (χ2n) is 9.68. The predicted molar refractivity (Wildman–Crippen MR) is 133 cm³/mol. The van der Waals surface area contributed by atoms with Crippen molar-refractivity contribution >= 4 is 17.9 Å². The summed E-state index contributed by atoms with van der Waals surface area (Å²) < 4.78 is -0.542. The maximum Gasteiger partial charge on any atom is 0.362 e. The van der Waals surface area contributed by atoms with E-state index in [4.69, 9.17) is 0 Å². The Morgan fingerprint density at radius 1 is 0.676 bits per heavy atom. The van der Waals surface area contributed by atoms with Crippen LogP contribution in [0.3, 0.4) is 0 Å². The van der Waals surface area contributed by atoms with Gasteiger partial charge in [-0.05, 0) is 59.3 Å². The molecule has 198 valence electrons. The Morgan fingerprint density at radius 3 is 1.44 bits per heavy atom. The van der Waals surface area contributed by atoms with Gasteiger partial charge in [-0.15, -0.1) is 0 Å². The number of carbonyl (C=O) groups is 3. The Balaban J connectivity index is 4.35. The second kappa shape index (κ2) is 18.4. The zero-order valence-corrected chi connectivity index (χ0v) is 22.0. The minimum absolute atomic E-state index is 0.183. The number of hydrogen-bond acceptors (Lipinski definition) is 4. The van der Waals surface area contributed by atoms with Crippen molar-refractivity contribution in [3.8, 4) is 0 Å². The van der Waals surface area contributed by atoms with Crippen molar-refractivity contribution in [1.29, 1.82) is 0 Å². The topological polar surface area (TPSA) is 115 Å². The van der Waals surface area contributed by atoms with Crippen molar-refractivity contribution in [2.45, 2.75) is 136 Å². The minimum Gasteiger partial charge on any atom is -0.544 e. The van der Waals surface area contributed by atoms with E-state index >= 15 is 0 Å². The molecule has 0 heterocycles. The Bertz CT molecular complexity index is 568. The van der Waals surface area contributed by atoms with Crippen LogP contribution in [0.5, 0.6) is 0 Å². The van der Waals surface area contributed by atoms with Gasteiger partial charge in [0.2, 0.25) is 0 Å². The number of hydrogen-bond donors (Lipinski definition) is 2. The molecule has 0 saturated heterocycles. The number of carbonyl (C=O) groups excluding carboxylic acids is 1. The fourth-order valence-electron chi connectivity index (χ4n) is 4.83. The number of nitrogens with zero attached hydrogens (tertiary/aromatic N) is 1. The molecular weight excluding hydrogens is 434 g/mol. The minimum atomic E-state index is -1.42. The van der Waals surface area contributed by atoms with Gasteiger partial charge in [0.15, 0.2) is 12.1 Å². The molecular formula is C27H49NO6. The average molecular weight is 484 g/mol. The number of allylic oxidation sites excluding steroid dienone is 2. The van der Waals surface area contributed by atoms with Gasteiger partial charge in [0.25, 0.3) is 0 Å². The van der Waals surface area contributed by atoms with Gasteiger partial charge in [-0.2, -0.15) is 0 Å². The first kappa shape index (κ1) is 32.1. The molecule has 0 aliphatic heterocycles. The van der Waals surface area contributed by atoms with Crippen molar-refractivity contribution in [3.05, 3.63) is 12.2 Å². The van der Waals surface area contributed by atoms with E-state index in [9.17, 15) is 29.7 Å². The van der Waals surface area contributed by atoms with Gasteiger partial charge in [-0.3, -0.25) is 4.48 Å². The number of aliphatic carboxylic acids is 3. The Labute approximate surface area is 206 Å². The fourth-order valence-corrected chi connectivity index (χ4v) is 4.83. The first-order valence-electron chi connectivity index (χ1n) is 13.3. The van der Waals surface area contributed by atoms with Crippen LogP contribution in [0.2, 0.25) is 0 Å². The summed E-state index contributed by atoms with van der Waals surface area (Å²) in [5.74, 6) is -3.82. The lowest BCUT2D eigenvalue weighted by Crippen LogP contribution is -2.72. The van der Waals surface area contributed by atoms with Gasteiger partial charge < -0.3 is 20.1 Å². The monoisotopic (exact) mass is 483 g/mol. The summed E-state index contributed by atoms with van der Waals surface area (Å²) in [7, 11) is 0. The van der Waals surface area contributed by atoms with Crippen LogP contribution in [0.15, 0.2) is 12.2 Å². The summed E-state index contributed by atoms with van der Waals surface area (Å²) in [4.78, 5) is 35.1. The van der Waals surface area contributed by atoms with Crippen LogP contribution in [-0.2, 0) is 14.4 Å². The highest BCUT2D eigenvalue weighted by molar-refractivity contribution is 5.76. The molecule has 3 atom stereocenters. The van der Waals surface area contributed by atoms with Crippen molar-refractivity contribution in [3.63, 3.8) is 0 Å². The van der Waals surface area contributed by atoms with Crippen LogP contribution in [-0.4, -0.2) is 57.3 Å². The number of rotatable bonds is 22. The molecule has 0 spiro atoms. The molecule has 0 bridgehead atoms. The highest BCUT2D eigenvalue weighted by Gasteiger charge is 2.50. The van der Waals surface area contributed by atoms with Crippen molar-refractivity contribution in [2.75, 3.05) is 6.54 Å². The molecule has 0 saturated carbocycles. The quantitative estimate of drug-likeness (QED) is 0.128. The van der Waals surface area contributed by atoms with Gasteiger partial charge in [0.05, 0.1) is 12.5 Å². The largest absolute Gasteiger partial charge is 0.544 e. The molecule has 34 heavy (non-hydrogen) atoms. The fraction of sp³-hybridized carbons (Fsp3) is 0.815. The zero-order chi connectivity index (χ0) is 26.0. The summed E-state index contributed by atoms with van der Waals surface area (Å²) in [5.41, 5.74) is 0. The molecule has 0 aliphatic carbocycles. The van der Waals surface area contributed by atoms with Crippen molar-refractivity contribution in [1.82, 2.24) is 0 Å². The molecule has 3 unspecified atom stereocenters. The molecule has 2 N–H and O–H groups in total. The molecule has 0 rings (SSSR count). The molecule has 0 aromatic carbocycles. The summed E-state index contributed by atoms with van der Waals surface area (Å²) in [6, 6.07) is -3.56. The molecule has 0 aromatic rings. The number of unbranched alkanes of at least 4 members (excludes halogenated alkanes) is 12. The molecule has 7 heteroatoms. The van der Waals surface area contributed by atoms with Gasteiger partial charge in [-0.25, -0.2) is 9.59 Å². The first-order chi connectivity index (χ1) is 16.1. The third-order valence-corrected chi connectivity index (χ3v) is 7.28. The van der Waals surface area contributed by atoms with Crippen molar-refractivity contribution in [2.24, 2.45) is 0 Å². The van der Waals surface area contributed by atoms with E-state index in [2.05, 4.69) is 19.1 Å². The van der Waals surface area contributed by atoms with Crippen LogP contribution in [0.4, 0.5) is 0 Å². The number of carboxylic acids is 3. The maximum atomic E-state index is 11.7. The number of carboxylic acid groups (broad SMARTS) is 3. The SMILES string of the molecule is CCCCC/C=C/CCCCCCCCCCC[N+](C(C)C(=O)[O-])(C(C)C(=O)O)C(C)C(=O)O. The lowest BCUT2D eigenvalue weighted by atomic mass is 10.00. The molecule has 0 fully saturated rings. The van der Waals surface area contributed by atoms with Gasteiger partial charge in [-0.1, -0.05) is 70.4 Å². The van der Waals surface area contributed by atoms with Crippen LogP contribution in [0.1, 0.15) is 118 Å². The van der Waals surface area contributed by atoms with E-state index in [1.807, 2.05) is 0 Å². The molecule has 7 nitrogen and oxygen atoms in total. The highest BCUT2D eigenvalue weighted by Crippen LogP contribution is 2.27. The zero-order valence-electron chi connectivity index (χ0n) is 22.0. The number of quaternary nitrogens is 1.